The molecule has 0 aromatic carbocycles. The lowest BCUT2D eigenvalue weighted by Gasteiger charge is -2.05. The Hall–Kier alpha value is -1.95. The molecule has 0 saturated carbocycles. The highest BCUT2D eigenvalue weighted by atomic mass is 32.1. The van der Waals surface area contributed by atoms with Crippen molar-refractivity contribution in [1.82, 2.24) is 15.3 Å². The third-order valence-corrected chi connectivity index (χ3v) is 2.87. The van der Waals surface area contributed by atoms with E-state index in [4.69, 9.17) is 0 Å². The first-order valence-electron chi connectivity index (χ1n) is 5.19. The second-order valence-electron chi connectivity index (χ2n) is 3.23. The summed E-state index contributed by atoms with van der Waals surface area (Å²) in [6, 6.07) is 5.41. The average Bonchev–Trinajstić information content (AvgIpc) is 2.89. The number of nitrogens with one attached hydrogen (secondary N) is 2. The van der Waals surface area contributed by atoms with Crippen LogP contribution in [0.25, 0.3) is 0 Å². The van der Waals surface area contributed by atoms with E-state index in [9.17, 15) is 4.79 Å². The van der Waals surface area contributed by atoms with Crippen molar-refractivity contribution in [2.45, 2.75) is 0 Å². The molecule has 2 N–H and O–H groups in total. The SMILES string of the molecule is O=C(NCCNc1ncccn1)c1cccs1. The van der Waals surface area contributed by atoms with Gasteiger partial charge in [-0.2, -0.15) is 0 Å². The van der Waals surface area contributed by atoms with Crippen molar-refractivity contribution in [2.75, 3.05) is 18.4 Å². The number of amides is 1. The summed E-state index contributed by atoms with van der Waals surface area (Å²) < 4.78 is 0. The number of hydrogen-bond donors (Lipinski definition) is 2. The molecule has 6 heteroatoms. The van der Waals surface area contributed by atoms with E-state index in [0.717, 1.165) is 4.88 Å². The van der Waals surface area contributed by atoms with E-state index in [-0.39, 0.29) is 5.91 Å². The Kier molecular flexibility index (Phi) is 4.04. The first-order chi connectivity index (χ1) is 8.36. The zero-order valence-corrected chi connectivity index (χ0v) is 9.91. The standard InChI is InChI=1S/C11H12N4OS/c16-10(9-3-1-8-17-9)12-6-7-15-11-13-4-2-5-14-11/h1-5,8H,6-7H2,(H,12,16)(H,13,14,15). The molecule has 0 bridgehead atoms. The number of thiophene rings is 1. The van der Waals surface area contributed by atoms with Gasteiger partial charge < -0.3 is 10.6 Å². The third-order valence-electron chi connectivity index (χ3n) is 2.00. The average molecular weight is 248 g/mol. The van der Waals surface area contributed by atoms with Gasteiger partial charge in [0.15, 0.2) is 0 Å². The molecular formula is C11H12N4OS. The van der Waals surface area contributed by atoms with E-state index in [1.165, 1.54) is 11.3 Å². The van der Waals surface area contributed by atoms with Gasteiger partial charge >= 0.3 is 0 Å². The van der Waals surface area contributed by atoms with Crippen LogP contribution in [0.2, 0.25) is 0 Å². The second kappa shape index (κ2) is 5.95. The molecule has 2 aromatic heterocycles. The Morgan fingerprint density at radius 2 is 2.06 bits per heavy atom. The molecule has 17 heavy (non-hydrogen) atoms. The Morgan fingerprint density at radius 1 is 1.24 bits per heavy atom. The Balaban J connectivity index is 1.69. The largest absolute Gasteiger partial charge is 0.352 e. The molecule has 5 nitrogen and oxygen atoms in total. The van der Waals surface area contributed by atoms with Crippen LogP contribution in [0.3, 0.4) is 0 Å². The molecule has 0 spiro atoms. The molecule has 0 fully saturated rings. The van der Waals surface area contributed by atoms with E-state index in [2.05, 4.69) is 20.6 Å². The molecule has 0 saturated heterocycles. The van der Waals surface area contributed by atoms with Gasteiger partial charge in [0.2, 0.25) is 5.95 Å². The molecule has 0 aliphatic carbocycles. The lowest BCUT2D eigenvalue weighted by atomic mass is 10.4. The van der Waals surface area contributed by atoms with Crippen molar-refractivity contribution in [3.8, 4) is 0 Å². The quantitative estimate of drug-likeness (QED) is 0.784. The van der Waals surface area contributed by atoms with E-state index in [1.807, 2.05) is 11.4 Å². The zero-order valence-electron chi connectivity index (χ0n) is 9.09. The van der Waals surface area contributed by atoms with Crippen LogP contribution in [0.5, 0.6) is 0 Å². The predicted molar refractivity (Wildman–Crippen MR) is 67.2 cm³/mol. The van der Waals surface area contributed by atoms with Gasteiger partial charge in [-0.25, -0.2) is 9.97 Å². The number of rotatable bonds is 5. The third kappa shape index (κ3) is 3.53. The second-order valence-corrected chi connectivity index (χ2v) is 4.18. The lowest BCUT2D eigenvalue weighted by Crippen LogP contribution is -2.28. The van der Waals surface area contributed by atoms with Crippen molar-refractivity contribution in [3.05, 3.63) is 40.8 Å². The fourth-order valence-electron chi connectivity index (χ4n) is 1.24. The Labute approximate surface area is 103 Å². The summed E-state index contributed by atoms with van der Waals surface area (Å²) in [4.78, 5) is 20.3. The number of carbonyl (C=O) groups excluding carboxylic acids is 1. The molecule has 0 unspecified atom stereocenters. The number of carbonyl (C=O) groups is 1. The van der Waals surface area contributed by atoms with Gasteiger partial charge in [-0.15, -0.1) is 11.3 Å². The van der Waals surface area contributed by atoms with Crippen molar-refractivity contribution < 1.29 is 4.79 Å². The van der Waals surface area contributed by atoms with Crippen LogP contribution in [0.15, 0.2) is 36.0 Å². The van der Waals surface area contributed by atoms with E-state index in [1.54, 1.807) is 24.5 Å². The van der Waals surface area contributed by atoms with Crippen LogP contribution in [-0.2, 0) is 0 Å². The Bertz CT molecular complexity index is 458. The maximum absolute atomic E-state index is 11.6. The summed E-state index contributed by atoms with van der Waals surface area (Å²) in [7, 11) is 0. The fraction of sp³-hybridized carbons (Fsp3) is 0.182. The van der Waals surface area contributed by atoms with Crippen LogP contribution in [-0.4, -0.2) is 29.0 Å². The molecule has 1 amide bonds. The van der Waals surface area contributed by atoms with Gasteiger partial charge in [-0.1, -0.05) is 6.07 Å². The lowest BCUT2D eigenvalue weighted by molar-refractivity contribution is 0.0959. The van der Waals surface area contributed by atoms with Crippen molar-refractivity contribution >= 4 is 23.2 Å². The molecule has 2 rings (SSSR count). The summed E-state index contributed by atoms with van der Waals surface area (Å²) in [6.07, 6.45) is 3.33. The number of anilines is 1. The minimum absolute atomic E-state index is 0.0456. The number of hydrogen-bond acceptors (Lipinski definition) is 5. The first-order valence-corrected chi connectivity index (χ1v) is 6.07. The molecule has 0 atom stereocenters. The predicted octanol–water partition coefficient (Wildman–Crippen LogP) is 1.38. The summed E-state index contributed by atoms with van der Waals surface area (Å²) in [5, 5.41) is 7.70. The minimum Gasteiger partial charge on any atom is -0.352 e. The molecule has 2 heterocycles. The van der Waals surface area contributed by atoms with Crippen molar-refractivity contribution in [3.63, 3.8) is 0 Å². The van der Waals surface area contributed by atoms with Crippen LogP contribution in [0.1, 0.15) is 9.67 Å². The number of nitrogens with zero attached hydrogens (tertiary/aromatic N) is 2. The van der Waals surface area contributed by atoms with Gasteiger partial charge in [0.25, 0.3) is 5.91 Å². The minimum atomic E-state index is -0.0456. The molecular weight excluding hydrogens is 236 g/mol. The molecule has 0 aliphatic heterocycles. The van der Waals surface area contributed by atoms with Gasteiger partial charge in [0.1, 0.15) is 0 Å². The van der Waals surface area contributed by atoms with E-state index < -0.39 is 0 Å². The summed E-state index contributed by atoms with van der Waals surface area (Å²) in [5.74, 6) is 0.522. The van der Waals surface area contributed by atoms with Crippen LogP contribution in [0.4, 0.5) is 5.95 Å². The van der Waals surface area contributed by atoms with Crippen LogP contribution in [0, 0.1) is 0 Å². The van der Waals surface area contributed by atoms with Gasteiger partial charge in [0, 0.05) is 25.5 Å². The summed E-state index contributed by atoms with van der Waals surface area (Å²) in [5.41, 5.74) is 0. The molecule has 88 valence electrons. The van der Waals surface area contributed by atoms with Crippen molar-refractivity contribution in [1.29, 1.82) is 0 Å². The fourth-order valence-corrected chi connectivity index (χ4v) is 1.88. The topological polar surface area (TPSA) is 66.9 Å². The van der Waals surface area contributed by atoms with Crippen LogP contribution < -0.4 is 10.6 Å². The smallest absolute Gasteiger partial charge is 0.261 e. The highest BCUT2D eigenvalue weighted by Crippen LogP contribution is 2.07. The van der Waals surface area contributed by atoms with Crippen LogP contribution >= 0.6 is 11.3 Å². The molecule has 2 aromatic rings. The van der Waals surface area contributed by atoms with Gasteiger partial charge in [-0.3, -0.25) is 4.79 Å². The summed E-state index contributed by atoms with van der Waals surface area (Å²) in [6.45, 7) is 1.14. The maximum atomic E-state index is 11.6. The maximum Gasteiger partial charge on any atom is 0.261 e. The van der Waals surface area contributed by atoms with Gasteiger partial charge in [0.05, 0.1) is 4.88 Å². The first kappa shape index (κ1) is 11.5. The molecule has 0 radical (unpaired) electrons. The normalized spacial score (nSPS) is 9.88. The Morgan fingerprint density at radius 3 is 2.76 bits per heavy atom. The zero-order chi connectivity index (χ0) is 11.9. The molecule has 0 aliphatic rings. The van der Waals surface area contributed by atoms with Crippen molar-refractivity contribution in [2.24, 2.45) is 0 Å². The summed E-state index contributed by atoms with van der Waals surface area (Å²) >= 11 is 1.43. The number of aromatic nitrogens is 2. The van der Waals surface area contributed by atoms with E-state index >= 15 is 0 Å². The highest BCUT2D eigenvalue weighted by Gasteiger charge is 2.04. The van der Waals surface area contributed by atoms with E-state index in [0.29, 0.717) is 19.0 Å². The highest BCUT2D eigenvalue weighted by molar-refractivity contribution is 7.12. The monoisotopic (exact) mass is 248 g/mol. The van der Waals surface area contributed by atoms with Gasteiger partial charge in [-0.05, 0) is 17.5 Å².